The quantitative estimate of drug-likeness (QED) is 0.430. The number of rotatable bonds is 7. The van der Waals surface area contributed by atoms with Gasteiger partial charge in [0.25, 0.3) is 0 Å². The Hall–Kier alpha value is -3.16. The van der Waals surface area contributed by atoms with E-state index in [-0.39, 0.29) is 36.6 Å². The van der Waals surface area contributed by atoms with Crippen LogP contribution in [0.5, 0.6) is 5.75 Å². The van der Waals surface area contributed by atoms with E-state index in [1.807, 2.05) is 50.3 Å². The average Bonchev–Trinajstić information content (AvgIpc) is 3.44. The Balaban J connectivity index is 1.25. The minimum Gasteiger partial charge on any atom is -0.489 e. The van der Waals surface area contributed by atoms with Gasteiger partial charge in [-0.05, 0) is 61.7 Å². The van der Waals surface area contributed by atoms with Crippen LogP contribution in [-0.2, 0) is 30.3 Å². The number of ether oxygens (including phenoxy) is 5. The molecule has 7 nitrogen and oxygen atoms in total. The standard InChI is InChI=1S/C28H30O7/c1-17(29)31-16-20-13-23(22-14-24-26(25(20)22)35-28(2,3)34-24)33-27(30)19-9-11-21(12-10-19)32-15-18-7-5-4-6-8-18/h4-13,22-26H,14-16H2,1-3H3/t22-,23+,24+,25+,26+/m0/s1. The summed E-state index contributed by atoms with van der Waals surface area (Å²) in [5, 5.41) is 0. The van der Waals surface area contributed by atoms with Crippen molar-refractivity contribution in [2.75, 3.05) is 6.61 Å². The van der Waals surface area contributed by atoms with E-state index in [9.17, 15) is 9.59 Å². The van der Waals surface area contributed by atoms with Crippen molar-refractivity contribution < 1.29 is 33.3 Å². The Morgan fingerprint density at radius 2 is 1.74 bits per heavy atom. The molecular weight excluding hydrogens is 448 g/mol. The maximum atomic E-state index is 13.0. The topological polar surface area (TPSA) is 80.3 Å². The third-order valence-electron chi connectivity index (χ3n) is 6.79. The lowest BCUT2D eigenvalue weighted by molar-refractivity contribution is -0.160. The van der Waals surface area contributed by atoms with Crippen LogP contribution in [-0.4, -0.2) is 42.6 Å². The third kappa shape index (κ3) is 5.11. The van der Waals surface area contributed by atoms with Crippen molar-refractivity contribution in [3.63, 3.8) is 0 Å². The molecule has 184 valence electrons. The molecule has 2 aromatic rings. The highest BCUT2D eigenvalue weighted by Gasteiger charge is 2.58. The number of hydrogen-bond acceptors (Lipinski definition) is 7. The number of carbonyl (C=O) groups excluding carboxylic acids is 2. The summed E-state index contributed by atoms with van der Waals surface area (Å²) in [6.07, 6.45) is 1.96. The summed E-state index contributed by atoms with van der Waals surface area (Å²) >= 11 is 0. The summed E-state index contributed by atoms with van der Waals surface area (Å²) in [6.45, 7) is 5.79. The van der Waals surface area contributed by atoms with E-state index in [0.717, 1.165) is 11.1 Å². The number of fused-ring (bicyclic) bond motifs is 3. The van der Waals surface area contributed by atoms with Gasteiger partial charge in [-0.15, -0.1) is 0 Å². The predicted octanol–water partition coefficient (Wildman–Crippen LogP) is 4.45. The summed E-state index contributed by atoms with van der Waals surface area (Å²) in [5.41, 5.74) is 2.43. The zero-order valence-electron chi connectivity index (χ0n) is 20.1. The van der Waals surface area contributed by atoms with Gasteiger partial charge in [0.05, 0.1) is 17.8 Å². The Labute approximate surface area is 205 Å². The highest BCUT2D eigenvalue weighted by molar-refractivity contribution is 5.89. The number of hydrogen-bond donors (Lipinski definition) is 0. The van der Waals surface area contributed by atoms with Crippen LogP contribution in [0.15, 0.2) is 66.2 Å². The van der Waals surface area contributed by atoms with E-state index < -0.39 is 17.9 Å². The second-order valence-corrected chi connectivity index (χ2v) is 9.75. The zero-order chi connectivity index (χ0) is 24.6. The molecule has 3 aliphatic rings. The maximum Gasteiger partial charge on any atom is 0.338 e. The third-order valence-corrected chi connectivity index (χ3v) is 6.79. The van der Waals surface area contributed by atoms with Crippen LogP contribution in [0.1, 0.15) is 43.1 Å². The van der Waals surface area contributed by atoms with Crippen molar-refractivity contribution in [3.05, 3.63) is 77.4 Å². The van der Waals surface area contributed by atoms with Crippen LogP contribution in [0.3, 0.4) is 0 Å². The highest BCUT2D eigenvalue weighted by atomic mass is 16.8. The fraction of sp³-hybridized carbons (Fsp3) is 0.429. The molecule has 2 fully saturated rings. The lowest BCUT2D eigenvalue weighted by Crippen LogP contribution is -2.31. The van der Waals surface area contributed by atoms with Crippen LogP contribution in [0.4, 0.5) is 0 Å². The van der Waals surface area contributed by atoms with Gasteiger partial charge in [-0.25, -0.2) is 4.79 Å². The predicted molar refractivity (Wildman–Crippen MR) is 127 cm³/mol. The molecule has 1 aliphatic heterocycles. The van der Waals surface area contributed by atoms with Gasteiger partial charge in [0.2, 0.25) is 0 Å². The summed E-state index contributed by atoms with van der Waals surface area (Å²) < 4.78 is 29.3. The molecule has 0 aromatic heterocycles. The molecule has 0 N–H and O–H groups in total. The molecule has 2 aliphatic carbocycles. The molecule has 1 saturated heterocycles. The van der Waals surface area contributed by atoms with E-state index in [1.54, 1.807) is 24.3 Å². The van der Waals surface area contributed by atoms with Crippen LogP contribution in [0, 0.1) is 11.8 Å². The summed E-state index contributed by atoms with van der Waals surface area (Å²) in [7, 11) is 0. The van der Waals surface area contributed by atoms with Gasteiger partial charge in [-0.3, -0.25) is 4.79 Å². The van der Waals surface area contributed by atoms with E-state index in [4.69, 9.17) is 23.7 Å². The van der Waals surface area contributed by atoms with Crippen LogP contribution >= 0.6 is 0 Å². The lowest BCUT2D eigenvalue weighted by atomic mass is 9.92. The van der Waals surface area contributed by atoms with Crippen LogP contribution in [0.2, 0.25) is 0 Å². The van der Waals surface area contributed by atoms with Crippen molar-refractivity contribution in [2.45, 2.75) is 57.9 Å². The minimum absolute atomic E-state index is 0.0177. The summed E-state index contributed by atoms with van der Waals surface area (Å²) in [4.78, 5) is 24.4. The number of benzene rings is 2. The van der Waals surface area contributed by atoms with Crippen molar-refractivity contribution in [2.24, 2.45) is 11.8 Å². The SMILES string of the molecule is CC(=O)OCC1=C[C@@H](OC(=O)c2ccc(OCc3ccccc3)cc2)[C@@H]2C[C@H]3OC(C)(C)O[C@H]3[C@H]12. The molecule has 1 heterocycles. The van der Waals surface area contributed by atoms with Gasteiger partial charge in [-0.2, -0.15) is 0 Å². The zero-order valence-corrected chi connectivity index (χ0v) is 20.1. The normalized spacial score (nSPS) is 28.1. The Bertz CT molecular complexity index is 1110. The van der Waals surface area contributed by atoms with Crippen LogP contribution in [0.25, 0.3) is 0 Å². The van der Waals surface area contributed by atoms with Gasteiger partial charge in [0.15, 0.2) is 5.79 Å². The molecule has 2 aromatic carbocycles. The average molecular weight is 479 g/mol. The molecule has 0 spiro atoms. The molecule has 0 radical (unpaired) electrons. The fourth-order valence-electron chi connectivity index (χ4n) is 5.35. The first-order valence-electron chi connectivity index (χ1n) is 12.0. The number of esters is 2. The molecule has 5 rings (SSSR count). The first-order valence-corrected chi connectivity index (χ1v) is 12.0. The van der Waals surface area contributed by atoms with Crippen molar-refractivity contribution in [1.29, 1.82) is 0 Å². The van der Waals surface area contributed by atoms with E-state index >= 15 is 0 Å². The van der Waals surface area contributed by atoms with Gasteiger partial charge in [0.1, 0.15) is 25.1 Å². The lowest BCUT2D eigenvalue weighted by Gasteiger charge is -2.26. The maximum absolute atomic E-state index is 13.0. The highest BCUT2D eigenvalue weighted by Crippen LogP contribution is 2.52. The monoisotopic (exact) mass is 478 g/mol. The summed E-state index contributed by atoms with van der Waals surface area (Å²) in [6, 6.07) is 16.8. The molecular formula is C28H30O7. The molecule has 5 atom stereocenters. The summed E-state index contributed by atoms with van der Waals surface area (Å²) in [5.74, 6) is -0.748. The second kappa shape index (κ2) is 9.47. The molecule has 1 saturated carbocycles. The van der Waals surface area contributed by atoms with Gasteiger partial charge in [0, 0.05) is 18.8 Å². The Kier molecular flexibility index (Phi) is 6.38. The fourth-order valence-corrected chi connectivity index (χ4v) is 5.35. The van der Waals surface area contributed by atoms with Gasteiger partial charge < -0.3 is 23.7 Å². The first kappa shape index (κ1) is 23.6. The van der Waals surface area contributed by atoms with Crippen LogP contribution < -0.4 is 4.74 Å². The Morgan fingerprint density at radius 1 is 1.00 bits per heavy atom. The van der Waals surface area contributed by atoms with Gasteiger partial charge >= 0.3 is 11.9 Å². The molecule has 0 unspecified atom stereocenters. The molecule has 35 heavy (non-hydrogen) atoms. The smallest absolute Gasteiger partial charge is 0.338 e. The van der Waals surface area contributed by atoms with E-state index in [2.05, 4.69) is 0 Å². The van der Waals surface area contributed by atoms with E-state index in [1.165, 1.54) is 6.92 Å². The largest absolute Gasteiger partial charge is 0.489 e. The van der Waals surface area contributed by atoms with Crippen molar-refractivity contribution in [1.82, 2.24) is 0 Å². The second-order valence-electron chi connectivity index (χ2n) is 9.75. The molecule has 7 heteroatoms. The van der Waals surface area contributed by atoms with Crippen molar-refractivity contribution >= 4 is 11.9 Å². The first-order chi connectivity index (χ1) is 16.8. The van der Waals surface area contributed by atoms with Gasteiger partial charge in [-0.1, -0.05) is 30.3 Å². The minimum atomic E-state index is -0.661. The molecule has 0 bridgehead atoms. The number of carbonyl (C=O) groups is 2. The van der Waals surface area contributed by atoms with Crippen molar-refractivity contribution in [3.8, 4) is 5.75 Å². The Morgan fingerprint density at radius 3 is 2.46 bits per heavy atom. The van der Waals surface area contributed by atoms with E-state index in [0.29, 0.717) is 24.3 Å². The molecule has 0 amide bonds.